The molecule has 7 heteroatoms. The summed E-state index contributed by atoms with van der Waals surface area (Å²) < 4.78 is 5.69. The van der Waals surface area contributed by atoms with E-state index in [2.05, 4.69) is 5.32 Å². The molecule has 2 rings (SSSR count). The number of carbonyl (C=O) groups excluding carboxylic acids is 1. The van der Waals surface area contributed by atoms with E-state index in [4.69, 9.17) is 27.9 Å². The van der Waals surface area contributed by atoms with E-state index >= 15 is 0 Å². The minimum Gasteiger partial charge on any atom is -0.616 e. The summed E-state index contributed by atoms with van der Waals surface area (Å²) in [6.07, 6.45) is 1.88. The highest BCUT2D eigenvalue weighted by Gasteiger charge is 2.08. The molecule has 0 atom stereocenters. The molecule has 5 nitrogen and oxygen atoms in total. The molecule has 0 aliphatic heterocycles. The lowest BCUT2D eigenvalue weighted by Gasteiger charge is -2.08. The molecule has 2 aromatic rings. The fourth-order valence-corrected chi connectivity index (χ4v) is 2.28. The molecule has 0 spiro atoms. The predicted molar refractivity (Wildman–Crippen MR) is 84.1 cm³/mol. The van der Waals surface area contributed by atoms with Gasteiger partial charge in [-0.2, -0.15) is 0 Å². The molecule has 0 aliphatic carbocycles. The minimum atomic E-state index is -0.311. The van der Waals surface area contributed by atoms with Crippen LogP contribution in [0, 0.1) is 5.21 Å². The van der Waals surface area contributed by atoms with Crippen molar-refractivity contribution in [3.63, 3.8) is 0 Å². The van der Waals surface area contributed by atoms with E-state index in [-0.39, 0.29) is 18.4 Å². The van der Waals surface area contributed by atoms with Gasteiger partial charge in [0.1, 0.15) is 0 Å². The molecule has 1 amide bonds. The number of hydrogen-bond acceptors (Lipinski definition) is 3. The molecular weight excluding hydrogens is 327 g/mol. The molecule has 1 aromatic heterocycles. The summed E-state index contributed by atoms with van der Waals surface area (Å²) in [5, 5.41) is 15.2. The zero-order valence-corrected chi connectivity index (χ0v) is 13.1. The maximum absolute atomic E-state index is 11.7. The Morgan fingerprint density at radius 1 is 1.27 bits per heavy atom. The Labute approximate surface area is 138 Å². The van der Waals surface area contributed by atoms with Gasteiger partial charge in [0.25, 0.3) is 5.91 Å². The zero-order valence-electron chi connectivity index (χ0n) is 11.6. The topological polar surface area (TPSA) is 65.3 Å². The standard InChI is InChI=1S/C15H14Cl2N2O3/c16-12-5-4-11(13(17)9-12)6-7-18-14(20)10-22-15-3-1-2-8-19(15)21/h1-5,8-9H,6-7,10H2,(H,18,20). The van der Waals surface area contributed by atoms with Gasteiger partial charge in [0.05, 0.1) is 6.07 Å². The summed E-state index contributed by atoms with van der Waals surface area (Å²) in [5.41, 5.74) is 0.896. The Balaban J connectivity index is 1.75. The monoisotopic (exact) mass is 340 g/mol. The molecule has 0 bridgehead atoms. The first-order valence-electron chi connectivity index (χ1n) is 6.58. The molecule has 1 heterocycles. The quantitative estimate of drug-likeness (QED) is 0.648. The average molecular weight is 341 g/mol. The van der Waals surface area contributed by atoms with Crippen LogP contribution in [-0.4, -0.2) is 19.1 Å². The lowest BCUT2D eigenvalue weighted by atomic mass is 10.1. The molecule has 116 valence electrons. The van der Waals surface area contributed by atoms with E-state index in [1.165, 1.54) is 12.3 Å². The van der Waals surface area contributed by atoms with Crippen molar-refractivity contribution in [3.05, 3.63) is 63.4 Å². The molecule has 0 unspecified atom stereocenters. The van der Waals surface area contributed by atoms with Gasteiger partial charge in [-0.1, -0.05) is 29.3 Å². The SMILES string of the molecule is O=C(COc1cccc[n+]1[O-])NCCc1ccc(Cl)cc1Cl. The van der Waals surface area contributed by atoms with Gasteiger partial charge >= 0.3 is 5.88 Å². The number of halogens is 2. The second kappa shape index (κ2) is 7.87. The van der Waals surface area contributed by atoms with Crippen molar-refractivity contribution in [1.82, 2.24) is 5.32 Å². The first-order chi connectivity index (χ1) is 10.6. The fourth-order valence-electron chi connectivity index (χ4n) is 1.78. The van der Waals surface area contributed by atoms with Crippen LogP contribution in [0.3, 0.4) is 0 Å². The summed E-state index contributed by atoms with van der Waals surface area (Å²) in [6, 6.07) is 9.95. The minimum absolute atomic E-state index is 0.0818. The summed E-state index contributed by atoms with van der Waals surface area (Å²) in [4.78, 5) is 11.7. The summed E-state index contributed by atoms with van der Waals surface area (Å²) >= 11 is 11.9. The lowest BCUT2D eigenvalue weighted by molar-refractivity contribution is -0.612. The van der Waals surface area contributed by atoms with Gasteiger partial charge in [-0.05, 0) is 30.2 Å². The Morgan fingerprint density at radius 2 is 2.09 bits per heavy atom. The third-order valence-electron chi connectivity index (χ3n) is 2.87. The maximum Gasteiger partial charge on any atom is 0.379 e. The van der Waals surface area contributed by atoms with Gasteiger partial charge in [0.2, 0.25) is 0 Å². The number of nitrogens with one attached hydrogen (secondary N) is 1. The molecule has 1 aromatic carbocycles. The van der Waals surface area contributed by atoms with Crippen LogP contribution in [0.25, 0.3) is 0 Å². The van der Waals surface area contributed by atoms with Gasteiger partial charge in [0.15, 0.2) is 12.8 Å². The van der Waals surface area contributed by atoms with Gasteiger partial charge in [-0.3, -0.25) is 4.79 Å². The number of aromatic nitrogens is 1. The van der Waals surface area contributed by atoms with E-state index in [0.717, 1.165) is 5.56 Å². The Kier molecular flexibility index (Phi) is 5.86. The number of hydrogen-bond donors (Lipinski definition) is 1. The van der Waals surface area contributed by atoms with E-state index in [1.54, 1.807) is 24.3 Å². The van der Waals surface area contributed by atoms with E-state index in [0.29, 0.717) is 27.7 Å². The highest BCUT2D eigenvalue weighted by molar-refractivity contribution is 6.35. The summed E-state index contributed by atoms with van der Waals surface area (Å²) in [6.45, 7) is 0.191. The Hall–Kier alpha value is -1.98. The van der Waals surface area contributed by atoms with Gasteiger partial charge in [-0.15, -0.1) is 4.73 Å². The lowest BCUT2D eigenvalue weighted by Crippen LogP contribution is -2.34. The normalized spacial score (nSPS) is 10.3. The number of pyridine rings is 1. The second-order valence-corrected chi connectivity index (χ2v) is 5.33. The molecule has 0 aliphatic rings. The first kappa shape index (κ1) is 16.4. The van der Waals surface area contributed by atoms with Crippen LogP contribution >= 0.6 is 23.2 Å². The van der Waals surface area contributed by atoms with E-state index in [1.807, 2.05) is 6.07 Å². The highest BCUT2D eigenvalue weighted by atomic mass is 35.5. The molecule has 0 saturated carbocycles. The molecule has 1 N–H and O–H groups in total. The predicted octanol–water partition coefficient (Wildman–Crippen LogP) is 2.36. The number of rotatable bonds is 6. The van der Waals surface area contributed by atoms with Crippen LogP contribution in [0.5, 0.6) is 5.88 Å². The third-order valence-corrected chi connectivity index (χ3v) is 3.46. The van der Waals surface area contributed by atoms with Crippen LogP contribution < -0.4 is 14.8 Å². The number of amides is 1. The van der Waals surface area contributed by atoms with Crippen LogP contribution in [0.2, 0.25) is 10.0 Å². The molecule has 22 heavy (non-hydrogen) atoms. The number of benzene rings is 1. The second-order valence-electron chi connectivity index (χ2n) is 4.49. The van der Waals surface area contributed by atoms with Gasteiger partial charge < -0.3 is 15.3 Å². The average Bonchev–Trinajstić information content (AvgIpc) is 2.49. The van der Waals surface area contributed by atoms with Crippen molar-refractivity contribution in [1.29, 1.82) is 0 Å². The largest absolute Gasteiger partial charge is 0.616 e. The fraction of sp³-hybridized carbons (Fsp3) is 0.200. The van der Waals surface area contributed by atoms with Crippen molar-refractivity contribution >= 4 is 29.1 Å². The molecule has 0 fully saturated rings. The number of carbonyl (C=O) groups is 1. The molecule has 0 radical (unpaired) electrons. The summed E-state index contributed by atoms with van der Waals surface area (Å²) in [5.74, 6) is -0.229. The third kappa shape index (κ3) is 4.79. The van der Waals surface area contributed by atoms with Crippen molar-refractivity contribution < 1.29 is 14.3 Å². The number of ether oxygens (including phenoxy) is 1. The molecule has 0 saturated heterocycles. The van der Waals surface area contributed by atoms with Crippen molar-refractivity contribution in [3.8, 4) is 5.88 Å². The van der Waals surface area contributed by atoms with E-state index < -0.39 is 0 Å². The maximum atomic E-state index is 11.7. The van der Waals surface area contributed by atoms with Crippen molar-refractivity contribution in [2.45, 2.75) is 6.42 Å². The first-order valence-corrected chi connectivity index (χ1v) is 7.33. The van der Waals surface area contributed by atoms with Crippen LogP contribution in [0.15, 0.2) is 42.6 Å². The van der Waals surface area contributed by atoms with Crippen LogP contribution in [0.1, 0.15) is 5.56 Å². The van der Waals surface area contributed by atoms with Crippen molar-refractivity contribution in [2.24, 2.45) is 0 Å². The van der Waals surface area contributed by atoms with Gasteiger partial charge in [0, 0.05) is 22.7 Å². The smallest absolute Gasteiger partial charge is 0.379 e. The Bertz CT molecular complexity index is 665. The van der Waals surface area contributed by atoms with Crippen LogP contribution in [-0.2, 0) is 11.2 Å². The van der Waals surface area contributed by atoms with Crippen LogP contribution in [0.4, 0.5) is 0 Å². The molecular formula is C15H14Cl2N2O3. The Morgan fingerprint density at radius 3 is 2.82 bits per heavy atom. The number of nitrogens with zero attached hydrogens (tertiary/aromatic N) is 1. The zero-order chi connectivity index (χ0) is 15.9. The van der Waals surface area contributed by atoms with E-state index in [9.17, 15) is 10.0 Å². The highest BCUT2D eigenvalue weighted by Crippen LogP contribution is 2.20. The van der Waals surface area contributed by atoms with Crippen molar-refractivity contribution in [2.75, 3.05) is 13.2 Å². The summed E-state index contributed by atoms with van der Waals surface area (Å²) in [7, 11) is 0. The van der Waals surface area contributed by atoms with Gasteiger partial charge in [-0.25, -0.2) is 0 Å².